The van der Waals surface area contributed by atoms with E-state index in [0.717, 1.165) is 0 Å². The number of benzene rings is 1. The van der Waals surface area contributed by atoms with E-state index >= 15 is 0 Å². The summed E-state index contributed by atoms with van der Waals surface area (Å²) in [5.74, 6) is 0.583. The minimum Gasteiger partial charge on any atom is -0.483 e. The van der Waals surface area contributed by atoms with Crippen LogP contribution in [0.1, 0.15) is 46.6 Å². The lowest BCUT2D eigenvalue weighted by Gasteiger charge is -2.12. The van der Waals surface area contributed by atoms with Crippen molar-refractivity contribution >= 4 is 11.9 Å². The SMILES string of the molecule is CCNC(=O)c1ccc(O[C@H](C)c2ccc(C(=O)OC)o2)cc1. The van der Waals surface area contributed by atoms with Crippen molar-refractivity contribution in [2.45, 2.75) is 20.0 Å². The van der Waals surface area contributed by atoms with E-state index in [1.54, 1.807) is 43.3 Å². The van der Waals surface area contributed by atoms with Gasteiger partial charge in [0, 0.05) is 12.1 Å². The molecule has 0 fully saturated rings. The van der Waals surface area contributed by atoms with Crippen LogP contribution in [0.5, 0.6) is 5.75 Å². The molecule has 0 spiro atoms. The molecule has 1 aromatic heterocycles. The highest BCUT2D eigenvalue weighted by Gasteiger charge is 2.16. The van der Waals surface area contributed by atoms with E-state index in [4.69, 9.17) is 9.15 Å². The number of esters is 1. The van der Waals surface area contributed by atoms with Crippen molar-refractivity contribution in [3.05, 3.63) is 53.5 Å². The Bertz CT molecular complexity index is 675. The van der Waals surface area contributed by atoms with Gasteiger partial charge in [0.1, 0.15) is 11.5 Å². The lowest BCUT2D eigenvalue weighted by molar-refractivity contribution is 0.0558. The largest absolute Gasteiger partial charge is 0.483 e. The van der Waals surface area contributed by atoms with Crippen molar-refractivity contribution in [2.24, 2.45) is 0 Å². The molecule has 2 rings (SSSR count). The van der Waals surface area contributed by atoms with Crippen LogP contribution in [0.4, 0.5) is 0 Å². The van der Waals surface area contributed by atoms with Gasteiger partial charge in [-0.1, -0.05) is 0 Å². The predicted octanol–water partition coefficient (Wildman–Crippen LogP) is 2.96. The van der Waals surface area contributed by atoms with Gasteiger partial charge in [-0.2, -0.15) is 0 Å². The number of ether oxygens (including phenoxy) is 2. The molecule has 0 aliphatic rings. The first-order valence-corrected chi connectivity index (χ1v) is 7.28. The predicted molar refractivity (Wildman–Crippen MR) is 83.5 cm³/mol. The highest BCUT2D eigenvalue weighted by atomic mass is 16.5. The van der Waals surface area contributed by atoms with Crippen LogP contribution in [0.3, 0.4) is 0 Å². The minimum atomic E-state index is -0.533. The Hall–Kier alpha value is -2.76. The summed E-state index contributed by atoms with van der Waals surface area (Å²) >= 11 is 0. The molecule has 1 N–H and O–H groups in total. The van der Waals surface area contributed by atoms with Gasteiger partial charge in [0.05, 0.1) is 7.11 Å². The zero-order valence-corrected chi connectivity index (χ0v) is 13.3. The van der Waals surface area contributed by atoms with Crippen molar-refractivity contribution in [1.29, 1.82) is 0 Å². The third kappa shape index (κ3) is 4.12. The van der Waals surface area contributed by atoms with Gasteiger partial charge < -0.3 is 19.2 Å². The second-order valence-electron chi connectivity index (χ2n) is 4.84. The van der Waals surface area contributed by atoms with E-state index in [9.17, 15) is 9.59 Å². The third-order valence-corrected chi connectivity index (χ3v) is 3.18. The van der Waals surface area contributed by atoms with Crippen molar-refractivity contribution in [2.75, 3.05) is 13.7 Å². The number of amides is 1. The van der Waals surface area contributed by atoms with E-state index in [1.807, 2.05) is 6.92 Å². The number of hydrogen-bond acceptors (Lipinski definition) is 5. The van der Waals surface area contributed by atoms with Gasteiger partial charge in [-0.3, -0.25) is 4.79 Å². The number of methoxy groups -OCH3 is 1. The molecule has 1 amide bonds. The van der Waals surface area contributed by atoms with Crippen LogP contribution in [0.2, 0.25) is 0 Å². The van der Waals surface area contributed by atoms with Gasteiger partial charge in [-0.05, 0) is 50.2 Å². The summed E-state index contributed by atoms with van der Waals surface area (Å²) in [5.41, 5.74) is 0.567. The highest BCUT2D eigenvalue weighted by Crippen LogP contribution is 2.24. The molecule has 6 heteroatoms. The molecule has 0 bridgehead atoms. The third-order valence-electron chi connectivity index (χ3n) is 3.18. The van der Waals surface area contributed by atoms with Crippen LogP contribution in [0, 0.1) is 0 Å². The molecule has 2 aromatic rings. The summed E-state index contributed by atoms with van der Waals surface area (Å²) in [5, 5.41) is 2.73. The van der Waals surface area contributed by atoms with E-state index in [1.165, 1.54) is 7.11 Å². The number of rotatable bonds is 6. The molecule has 1 aromatic carbocycles. The first-order chi connectivity index (χ1) is 11.0. The lowest BCUT2D eigenvalue weighted by atomic mass is 10.2. The Morgan fingerprint density at radius 3 is 2.48 bits per heavy atom. The molecule has 122 valence electrons. The molecule has 0 unspecified atom stereocenters. The van der Waals surface area contributed by atoms with E-state index < -0.39 is 5.97 Å². The zero-order chi connectivity index (χ0) is 16.8. The van der Waals surface area contributed by atoms with Crippen molar-refractivity contribution < 1.29 is 23.5 Å². The fraction of sp³-hybridized carbons (Fsp3) is 0.294. The van der Waals surface area contributed by atoms with Crippen LogP contribution in [0.15, 0.2) is 40.8 Å². The molecule has 23 heavy (non-hydrogen) atoms. The summed E-state index contributed by atoms with van der Waals surface area (Å²) in [4.78, 5) is 23.1. The fourth-order valence-electron chi connectivity index (χ4n) is 1.99. The van der Waals surface area contributed by atoms with Crippen molar-refractivity contribution in [1.82, 2.24) is 5.32 Å². The molecule has 0 aliphatic carbocycles. The first-order valence-electron chi connectivity index (χ1n) is 7.28. The second kappa shape index (κ2) is 7.49. The van der Waals surface area contributed by atoms with Crippen LogP contribution in [-0.2, 0) is 4.74 Å². The Kier molecular flexibility index (Phi) is 5.41. The quantitative estimate of drug-likeness (QED) is 0.829. The van der Waals surface area contributed by atoms with Gasteiger partial charge in [-0.25, -0.2) is 4.79 Å². The Labute approximate surface area is 134 Å². The fourth-order valence-corrected chi connectivity index (χ4v) is 1.99. The molecule has 6 nitrogen and oxygen atoms in total. The van der Waals surface area contributed by atoms with E-state index in [2.05, 4.69) is 10.1 Å². The average molecular weight is 317 g/mol. The number of nitrogens with one attached hydrogen (secondary N) is 1. The summed E-state index contributed by atoms with van der Waals surface area (Å²) < 4.78 is 15.7. The maximum atomic E-state index is 11.7. The van der Waals surface area contributed by atoms with Crippen LogP contribution >= 0.6 is 0 Å². The summed E-state index contributed by atoms with van der Waals surface area (Å²) in [6.07, 6.45) is -0.385. The van der Waals surface area contributed by atoms with Crippen LogP contribution < -0.4 is 10.1 Å². The number of furan rings is 1. The van der Waals surface area contributed by atoms with Gasteiger partial charge in [0.25, 0.3) is 5.91 Å². The molecule has 0 saturated heterocycles. The second-order valence-corrected chi connectivity index (χ2v) is 4.84. The maximum Gasteiger partial charge on any atom is 0.373 e. The number of carbonyl (C=O) groups excluding carboxylic acids is 2. The van der Waals surface area contributed by atoms with Crippen molar-refractivity contribution in [3.63, 3.8) is 0 Å². The van der Waals surface area contributed by atoms with Crippen LogP contribution in [-0.4, -0.2) is 25.5 Å². The minimum absolute atomic E-state index is 0.124. The first kappa shape index (κ1) is 16.6. The standard InChI is InChI=1S/C17H19NO5/c1-4-18-16(19)12-5-7-13(8-6-12)22-11(2)14-9-10-15(23-14)17(20)21-3/h5-11H,4H2,1-3H3,(H,18,19)/t11-/m1/s1. The molecule has 0 radical (unpaired) electrons. The molecular formula is C17H19NO5. The van der Waals surface area contributed by atoms with Gasteiger partial charge in [0.15, 0.2) is 6.10 Å². The summed E-state index contributed by atoms with van der Waals surface area (Å²) in [6.45, 7) is 4.25. The Balaban J connectivity index is 2.02. The smallest absolute Gasteiger partial charge is 0.373 e. The number of hydrogen-bond donors (Lipinski definition) is 1. The lowest BCUT2D eigenvalue weighted by Crippen LogP contribution is -2.22. The molecule has 1 heterocycles. The van der Waals surface area contributed by atoms with Gasteiger partial charge in [0.2, 0.25) is 5.76 Å². The van der Waals surface area contributed by atoms with Gasteiger partial charge >= 0.3 is 5.97 Å². The van der Waals surface area contributed by atoms with E-state index in [0.29, 0.717) is 23.6 Å². The summed E-state index contributed by atoms with van der Waals surface area (Å²) in [6, 6.07) is 10.0. The molecule has 1 atom stereocenters. The highest BCUT2D eigenvalue weighted by molar-refractivity contribution is 5.94. The topological polar surface area (TPSA) is 77.8 Å². The molecule has 0 saturated carbocycles. The molecule has 0 aliphatic heterocycles. The van der Waals surface area contributed by atoms with E-state index in [-0.39, 0.29) is 17.8 Å². The maximum absolute atomic E-state index is 11.7. The Morgan fingerprint density at radius 1 is 1.17 bits per heavy atom. The van der Waals surface area contributed by atoms with Crippen LogP contribution in [0.25, 0.3) is 0 Å². The normalized spacial score (nSPS) is 11.6. The average Bonchev–Trinajstić information content (AvgIpc) is 3.05. The summed E-state index contributed by atoms with van der Waals surface area (Å²) in [7, 11) is 1.29. The van der Waals surface area contributed by atoms with Gasteiger partial charge in [-0.15, -0.1) is 0 Å². The monoisotopic (exact) mass is 317 g/mol. The molecular weight excluding hydrogens is 298 g/mol. The Morgan fingerprint density at radius 2 is 1.87 bits per heavy atom. The van der Waals surface area contributed by atoms with Crippen molar-refractivity contribution in [3.8, 4) is 5.75 Å². The zero-order valence-electron chi connectivity index (χ0n) is 13.3. The number of carbonyl (C=O) groups is 2.